The first-order chi connectivity index (χ1) is 15.2. The van der Waals surface area contributed by atoms with Gasteiger partial charge in [0, 0.05) is 30.9 Å². The van der Waals surface area contributed by atoms with Crippen LogP contribution < -0.4 is 5.32 Å². The summed E-state index contributed by atoms with van der Waals surface area (Å²) >= 11 is 0. The normalized spacial score (nSPS) is 19.6. The van der Waals surface area contributed by atoms with Gasteiger partial charge in [-0.25, -0.2) is 9.97 Å². The molecule has 5 nitrogen and oxygen atoms in total. The van der Waals surface area contributed by atoms with Gasteiger partial charge in [-0.1, -0.05) is 48.5 Å². The Morgan fingerprint density at radius 3 is 2.61 bits per heavy atom. The highest BCUT2D eigenvalue weighted by molar-refractivity contribution is 5.91. The summed E-state index contributed by atoms with van der Waals surface area (Å²) in [6.45, 7) is 3.63. The number of hydrogen-bond acceptors (Lipinski definition) is 4. The third-order valence-corrected chi connectivity index (χ3v) is 6.68. The molecule has 1 aromatic heterocycles. The molecule has 1 aliphatic carbocycles. The predicted octanol–water partition coefficient (Wildman–Crippen LogP) is 4.97. The lowest BCUT2D eigenvalue weighted by molar-refractivity contribution is -0.135. The Bertz CT molecular complexity index is 1080. The molecule has 1 amide bonds. The molecule has 5 rings (SSSR count). The minimum Gasteiger partial charge on any atom is -0.341 e. The van der Waals surface area contributed by atoms with E-state index < -0.39 is 0 Å². The molecule has 2 fully saturated rings. The smallest absolute Gasteiger partial charge is 0.233 e. The predicted molar refractivity (Wildman–Crippen MR) is 122 cm³/mol. The molecule has 1 saturated carbocycles. The van der Waals surface area contributed by atoms with Gasteiger partial charge >= 0.3 is 0 Å². The van der Waals surface area contributed by atoms with Crippen LogP contribution in [0.15, 0.2) is 66.9 Å². The van der Waals surface area contributed by atoms with Gasteiger partial charge in [0.1, 0.15) is 0 Å². The number of aryl methyl sites for hydroxylation is 1. The molecule has 1 aliphatic heterocycles. The average Bonchev–Trinajstić information content (AvgIpc) is 3.63. The highest BCUT2D eigenvalue weighted by Crippen LogP contribution is 2.50. The molecule has 31 heavy (non-hydrogen) atoms. The van der Waals surface area contributed by atoms with Gasteiger partial charge in [0.15, 0.2) is 0 Å². The minimum atomic E-state index is -0.299. The van der Waals surface area contributed by atoms with E-state index in [0.29, 0.717) is 5.95 Å². The monoisotopic (exact) mass is 412 g/mol. The zero-order chi connectivity index (χ0) is 21.3. The van der Waals surface area contributed by atoms with E-state index in [1.807, 2.05) is 48.7 Å². The molecule has 2 aliphatic rings. The average molecular weight is 413 g/mol. The molecule has 2 aromatic carbocycles. The molecular formula is C26H28N4O. The second-order valence-electron chi connectivity index (χ2n) is 8.78. The lowest BCUT2D eigenvalue weighted by atomic mass is 9.90. The van der Waals surface area contributed by atoms with E-state index in [0.717, 1.165) is 61.3 Å². The van der Waals surface area contributed by atoms with Crippen molar-refractivity contribution in [2.45, 2.75) is 43.9 Å². The zero-order valence-corrected chi connectivity index (χ0v) is 17.9. The SMILES string of the molecule is Cc1ccccc1Nc1nccc(C2CCCN(C(=O)C3(c4ccccc4)CC3)C2)n1. The van der Waals surface area contributed by atoms with E-state index in [1.165, 1.54) is 0 Å². The number of carbonyl (C=O) groups is 1. The number of piperidine rings is 1. The molecule has 158 valence electrons. The number of para-hydroxylation sites is 1. The maximum absolute atomic E-state index is 13.5. The number of rotatable bonds is 5. The van der Waals surface area contributed by atoms with Crippen LogP contribution in [0.4, 0.5) is 11.6 Å². The van der Waals surface area contributed by atoms with Gasteiger partial charge in [-0.2, -0.15) is 0 Å². The number of nitrogens with zero attached hydrogens (tertiary/aromatic N) is 3. The van der Waals surface area contributed by atoms with Crippen molar-refractivity contribution in [2.24, 2.45) is 0 Å². The largest absolute Gasteiger partial charge is 0.341 e. The highest BCUT2D eigenvalue weighted by atomic mass is 16.2. The van der Waals surface area contributed by atoms with Gasteiger partial charge < -0.3 is 10.2 Å². The number of nitrogens with one attached hydrogen (secondary N) is 1. The van der Waals surface area contributed by atoms with Crippen molar-refractivity contribution in [1.29, 1.82) is 0 Å². The Morgan fingerprint density at radius 2 is 1.84 bits per heavy atom. The summed E-state index contributed by atoms with van der Waals surface area (Å²) in [6, 6.07) is 20.4. The molecule has 5 heteroatoms. The van der Waals surface area contributed by atoms with Crippen LogP contribution in [0.25, 0.3) is 0 Å². The summed E-state index contributed by atoms with van der Waals surface area (Å²) in [6.07, 6.45) is 5.77. The first-order valence-electron chi connectivity index (χ1n) is 11.2. The van der Waals surface area contributed by atoms with Crippen LogP contribution in [0.5, 0.6) is 0 Å². The lowest BCUT2D eigenvalue weighted by Gasteiger charge is -2.35. The Morgan fingerprint density at radius 1 is 1.06 bits per heavy atom. The van der Waals surface area contributed by atoms with Crippen molar-refractivity contribution in [3.05, 3.63) is 83.7 Å². The summed E-state index contributed by atoms with van der Waals surface area (Å²) in [7, 11) is 0. The first kappa shape index (κ1) is 19.7. The quantitative estimate of drug-likeness (QED) is 0.643. The van der Waals surface area contributed by atoms with Gasteiger partial charge in [0.25, 0.3) is 0 Å². The van der Waals surface area contributed by atoms with Crippen molar-refractivity contribution < 1.29 is 4.79 Å². The third kappa shape index (κ3) is 3.92. The molecule has 1 saturated heterocycles. The van der Waals surface area contributed by atoms with Crippen molar-refractivity contribution in [3.8, 4) is 0 Å². The molecular weight excluding hydrogens is 384 g/mol. The highest BCUT2D eigenvalue weighted by Gasteiger charge is 2.53. The van der Waals surface area contributed by atoms with Crippen LogP contribution in [0.1, 0.15) is 48.4 Å². The van der Waals surface area contributed by atoms with E-state index in [2.05, 4.69) is 40.3 Å². The van der Waals surface area contributed by atoms with Crippen LogP contribution in [-0.4, -0.2) is 33.9 Å². The maximum atomic E-state index is 13.5. The topological polar surface area (TPSA) is 58.1 Å². The van der Waals surface area contributed by atoms with E-state index >= 15 is 0 Å². The van der Waals surface area contributed by atoms with Gasteiger partial charge in [-0.3, -0.25) is 4.79 Å². The maximum Gasteiger partial charge on any atom is 0.233 e. The fourth-order valence-electron chi connectivity index (χ4n) is 4.71. The molecule has 0 spiro atoms. The van der Waals surface area contributed by atoms with Crippen LogP contribution in [-0.2, 0) is 10.2 Å². The molecule has 0 radical (unpaired) electrons. The Hall–Kier alpha value is -3.21. The van der Waals surface area contributed by atoms with Crippen molar-refractivity contribution in [3.63, 3.8) is 0 Å². The van der Waals surface area contributed by atoms with E-state index in [4.69, 9.17) is 4.98 Å². The number of benzene rings is 2. The third-order valence-electron chi connectivity index (χ3n) is 6.68. The number of amides is 1. The molecule has 1 unspecified atom stereocenters. The molecule has 2 heterocycles. The number of hydrogen-bond donors (Lipinski definition) is 1. The number of aromatic nitrogens is 2. The van der Waals surface area contributed by atoms with E-state index in [-0.39, 0.29) is 17.2 Å². The second-order valence-corrected chi connectivity index (χ2v) is 8.78. The number of carbonyl (C=O) groups excluding carboxylic acids is 1. The number of likely N-dealkylation sites (tertiary alicyclic amines) is 1. The van der Waals surface area contributed by atoms with Gasteiger partial charge in [0.05, 0.1) is 11.1 Å². The van der Waals surface area contributed by atoms with Crippen LogP contribution in [0.3, 0.4) is 0 Å². The van der Waals surface area contributed by atoms with Gasteiger partial charge in [-0.05, 0) is 55.9 Å². The van der Waals surface area contributed by atoms with E-state index in [9.17, 15) is 4.79 Å². The Labute approximate surface area is 183 Å². The summed E-state index contributed by atoms with van der Waals surface area (Å²) in [4.78, 5) is 24.8. The lowest BCUT2D eigenvalue weighted by Crippen LogP contribution is -2.44. The summed E-state index contributed by atoms with van der Waals surface area (Å²) in [5.41, 5.74) is 4.04. The van der Waals surface area contributed by atoms with Crippen LogP contribution in [0.2, 0.25) is 0 Å². The first-order valence-corrected chi connectivity index (χ1v) is 11.2. The summed E-state index contributed by atoms with van der Waals surface area (Å²) in [5.74, 6) is 1.14. The minimum absolute atomic E-state index is 0.240. The Balaban J connectivity index is 1.32. The fourth-order valence-corrected chi connectivity index (χ4v) is 4.71. The Kier molecular flexibility index (Phi) is 5.18. The van der Waals surface area contributed by atoms with Crippen LogP contribution in [0, 0.1) is 6.92 Å². The summed E-state index contributed by atoms with van der Waals surface area (Å²) in [5, 5.41) is 3.34. The fraction of sp³-hybridized carbons (Fsp3) is 0.346. The number of anilines is 2. The van der Waals surface area contributed by atoms with Gasteiger partial charge in [0.2, 0.25) is 11.9 Å². The molecule has 0 bridgehead atoms. The van der Waals surface area contributed by atoms with Crippen molar-refractivity contribution >= 4 is 17.5 Å². The molecule has 3 aromatic rings. The molecule has 1 N–H and O–H groups in total. The standard InChI is InChI=1S/C26H28N4O/c1-19-8-5-6-12-22(19)28-25-27-16-13-23(29-25)20-9-7-17-30(18-20)24(31)26(14-15-26)21-10-3-2-4-11-21/h2-6,8,10-13,16,20H,7,9,14-15,17-18H2,1H3,(H,27,28,29). The van der Waals surface area contributed by atoms with Crippen molar-refractivity contribution in [2.75, 3.05) is 18.4 Å². The van der Waals surface area contributed by atoms with Crippen LogP contribution >= 0.6 is 0 Å². The second kappa shape index (κ2) is 8.14. The van der Waals surface area contributed by atoms with E-state index in [1.54, 1.807) is 0 Å². The van der Waals surface area contributed by atoms with Crippen molar-refractivity contribution in [1.82, 2.24) is 14.9 Å². The van der Waals surface area contributed by atoms with Gasteiger partial charge in [-0.15, -0.1) is 0 Å². The summed E-state index contributed by atoms with van der Waals surface area (Å²) < 4.78 is 0. The molecule has 1 atom stereocenters. The zero-order valence-electron chi connectivity index (χ0n) is 17.9.